The van der Waals surface area contributed by atoms with E-state index in [0.717, 1.165) is 37.7 Å². The first-order valence-electron chi connectivity index (χ1n) is 8.74. The zero-order valence-corrected chi connectivity index (χ0v) is 14.2. The summed E-state index contributed by atoms with van der Waals surface area (Å²) in [4.78, 5) is 39.4. The van der Waals surface area contributed by atoms with Gasteiger partial charge in [-0.1, -0.05) is 25.3 Å². The van der Waals surface area contributed by atoms with Crippen LogP contribution in [0.5, 0.6) is 0 Å². The molecule has 0 spiro atoms. The van der Waals surface area contributed by atoms with Crippen LogP contribution in [0.3, 0.4) is 0 Å². The predicted octanol–water partition coefficient (Wildman–Crippen LogP) is 3.18. The molecule has 1 fully saturated rings. The fourth-order valence-corrected chi connectivity index (χ4v) is 4.25. The maximum atomic E-state index is 13.1. The van der Waals surface area contributed by atoms with Gasteiger partial charge in [0, 0.05) is 28.1 Å². The SMILES string of the molecule is Cc1ccc2c3c(ccc(C(N)=O)c13)C(=O)N(C1CCCCC1)C2=O. The van der Waals surface area contributed by atoms with E-state index in [1.807, 2.05) is 13.0 Å². The Hall–Kier alpha value is -2.69. The van der Waals surface area contributed by atoms with E-state index in [1.54, 1.807) is 18.2 Å². The van der Waals surface area contributed by atoms with E-state index in [2.05, 4.69) is 0 Å². The normalized spacial score (nSPS) is 18.0. The molecule has 3 amide bonds. The van der Waals surface area contributed by atoms with Gasteiger partial charge in [0.25, 0.3) is 11.8 Å². The lowest BCUT2D eigenvalue weighted by Crippen LogP contribution is -2.47. The van der Waals surface area contributed by atoms with Crippen LogP contribution < -0.4 is 5.73 Å². The first-order chi connectivity index (χ1) is 12.0. The number of carbonyl (C=O) groups excluding carboxylic acids is 3. The average molecular weight is 336 g/mol. The first-order valence-corrected chi connectivity index (χ1v) is 8.74. The minimum Gasteiger partial charge on any atom is -0.366 e. The Balaban J connectivity index is 1.96. The Bertz CT molecular complexity index is 904. The molecule has 5 nitrogen and oxygen atoms in total. The van der Waals surface area contributed by atoms with Crippen molar-refractivity contribution in [2.24, 2.45) is 5.73 Å². The van der Waals surface area contributed by atoms with Crippen LogP contribution in [0.15, 0.2) is 24.3 Å². The van der Waals surface area contributed by atoms with Gasteiger partial charge in [-0.25, -0.2) is 0 Å². The van der Waals surface area contributed by atoms with E-state index in [9.17, 15) is 14.4 Å². The summed E-state index contributed by atoms with van der Waals surface area (Å²) in [6.45, 7) is 1.86. The standard InChI is InChI=1S/C20H20N2O3/c1-11-7-8-14-17-15(10-9-13(16(11)17)18(21)23)20(25)22(19(14)24)12-5-3-2-4-6-12/h7-10,12H,2-6H2,1H3,(H2,21,23). The predicted molar refractivity (Wildman–Crippen MR) is 94.6 cm³/mol. The largest absolute Gasteiger partial charge is 0.366 e. The number of rotatable bonds is 2. The molecule has 25 heavy (non-hydrogen) atoms. The number of nitrogens with two attached hydrogens (primary N) is 1. The van der Waals surface area contributed by atoms with Gasteiger partial charge in [-0.05, 0) is 48.9 Å². The van der Waals surface area contributed by atoms with E-state index < -0.39 is 5.91 Å². The molecule has 4 rings (SSSR count). The van der Waals surface area contributed by atoms with Crippen LogP contribution >= 0.6 is 0 Å². The lowest BCUT2D eigenvalue weighted by molar-refractivity contribution is 0.0502. The second-order valence-corrected chi connectivity index (χ2v) is 6.98. The van der Waals surface area contributed by atoms with Crippen molar-refractivity contribution >= 4 is 28.5 Å². The Morgan fingerprint density at radius 3 is 2.16 bits per heavy atom. The Morgan fingerprint density at radius 2 is 1.56 bits per heavy atom. The average Bonchev–Trinajstić information content (AvgIpc) is 2.61. The summed E-state index contributed by atoms with van der Waals surface area (Å²) in [6, 6.07) is 6.78. The molecular weight excluding hydrogens is 316 g/mol. The number of hydrogen-bond donors (Lipinski definition) is 1. The number of amides is 3. The fourth-order valence-electron chi connectivity index (χ4n) is 4.25. The summed E-state index contributed by atoms with van der Waals surface area (Å²) in [6.07, 6.45) is 4.96. The van der Waals surface area contributed by atoms with Gasteiger partial charge in [-0.2, -0.15) is 0 Å². The van der Waals surface area contributed by atoms with Crippen molar-refractivity contribution in [2.45, 2.75) is 45.1 Å². The van der Waals surface area contributed by atoms with Gasteiger partial charge in [0.05, 0.1) is 0 Å². The second-order valence-electron chi connectivity index (χ2n) is 6.98. The molecule has 1 aliphatic carbocycles. The number of aryl methyl sites for hydroxylation is 1. The van der Waals surface area contributed by atoms with E-state index >= 15 is 0 Å². The molecule has 5 heteroatoms. The monoisotopic (exact) mass is 336 g/mol. The lowest BCUT2D eigenvalue weighted by atomic mass is 9.86. The van der Waals surface area contributed by atoms with Crippen molar-refractivity contribution in [1.82, 2.24) is 4.90 Å². The number of imide groups is 1. The van der Waals surface area contributed by atoms with Gasteiger partial charge in [-0.3, -0.25) is 19.3 Å². The zero-order chi connectivity index (χ0) is 17.7. The van der Waals surface area contributed by atoms with Gasteiger partial charge in [0.15, 0.2) is 0 Å². The van der Waals surface area contributed by atoms with Crippen molar-refractivity contribution in [2.75, 3.05) is 0 Å². The van der Waals surface area contributed by atoms with Crippen LogP contribution in [0.2, 0.25) is 0 Å². The third-order valence-electron chi connectivity index (χ3n) is 5.47. The molecule has 0 aromatic heterocycles. The quantitative estimate of drug-likeness (QED) is 0.855. The minimum atomic E-state index is -0.554. The van der Waals surface area contributed by atoms with Crippen molar-refractivity contribution in [3.63, 3.8) is 0 Å². The number of carbonyl (C=O) groups is 3. The van der Waals surface area contributed by atoms with E-state index in [1.165, 1.54) is 4.90 Å². The minimum absolute atomic E-state index is 0.0333. The van der Waals surface area contributed by atoms with E-state index in [4.69, 9.17) is 5.73 Å². The summed E-state index contributed by atoms with van der Waals surface area (Å²) in [5.74, 6) is -1.06. The number of benzene rings is 2. The third-order valence-corrected chi connectivity index (χ3v) is 5.47. The maximum Gasteiger partial charge on any atom is 0.261 e. The van der Waals surface area contributed by atoms with Crippen LogP contribution in [0.1, 0.15) is 68.7 Å². The van der Waals surface area contributed by atoms with Gasteiger partial charge in [0.1, 0.15) is 0 Å². The summed E-state index contributed by atoms with van der Waals surface area (Å²) in [5.41, 5.74) is 7.67. The number of primary amides is 1. The molecule has 2 aliphatic rings. The van der Waals surface area contributed by atoms with Crippen LogP contribution in [-0.2, 0) is 0 Å². The molecule has 1 heterocycles. The maximum absolute atomic E-state index is 13.1. The zero-order valence-electron chi connectivity index (χ0n) is 14.2. The molecule has 1 aliphatic heterocycles. The first kappa shape index (κ1) is 15.8. The molecule has 0 bridgehead atoms. The second kappa shape index (κ2) is 5.69. The van der Waals surface area contributed by atoms with Crippen molar-refractivity contribution in [3.8, 4) is 0 Å². The highest BCUT2D eigenvalue weighted by molar-refractivity contribution is 6.28. The van der Waals surface area contributed by atoms with Crippen LogP contribution in [-0.4, -0.2) is 28.7 Å². The van der Waals surface area contributed by atoms with Crippen molar-refractivity contribution in [3.05, 3.63) is 46.5 Å². The van der Waals surface area contributed by atoms with Crippen LogP contribution in [0.4, 0.5) is 0 Å². The highest BCUT2D eigenvalue weighted by Gasteiger charge is 2.38. The molecule has 2 aromatic rings. The molecule has 1 saturated carbocycles. The highest BCUT2D eigenvalue weighted by atomic mass is 16.2. The van der Waals surface area contributed by atoms with Gasteiger partial charge >= 0.3 is 0 Å². The van der Waals surface area contributed by atoms with Crippen molar-refractivity contribution < 1.29 is 14.4 Å². The summed E-state index contributed by atoms with van der Waals surface area (Å²) >= 11 is 0. The lowest BCUT2D eigenvalue weighted by Gasteiger charge is -2.36. The molecule has 128 valence electrons. The Morgan fingerprint density at radius 1 is 0.960 bits per heavy atom. The number of nitrogens with zero attached hydrogens (tertiary/aromatic N) is 1. The highest BCUT2D eigenvalue weighted by Crippen LogP contribution is 2.36. The topological polar surface area (TPSA) is 80.5 Å². The summed E-state index contributed by atoms with van der Waals surface area (Å²) in [5, 5.41) is 1.19. The summed E-state index contributed by atoms with van der Waals surface area (Å²) in [7, 11) is 0. The van der Waals surface area contributed by atoms with Gasteiger partial charge in [-0.15, -0.1) is 0 Å². The van der Waals surface area contributed by atoms with Crippen LogP contribution in [0, 0.1) is 6.92 Å². The van der Waals surface area contributed by atoms with Gasteiger partial charge in [0.2, 0.25) is 5.91 Å². The Labute approximate surface area is 145 Å². The molecule has 0 unspecified atom stereocenters. The van der Waals surface area contributed by atoms with Crippen LogP contribution in [0.25, 0.3) is 10.8 Å². The molecule has 0 atom stereocenters. The molecule has 2 aromatic carbocycles. The fraction of sp³-hybridized carbons (Fsp3) is 0.350. The molecular formula is C20H20N2O3. The molecule has 0 saturated heterocycles. The van der Waals surface area contributed by atoms with Gasteiger partial charge < -0.3 is 5.73 Å². The third kappa shape index (κ3) is 2.26. The summed E-state index contributed by atoms with van der Waals surface area (Å²) < 4.78 is 0. The Kier molecular flexibility index (Phi) is 3.60. The van der Waals surface area contributed by atoms with Crippen molar-refractivity contribution in [1.29, 1.82) is 0 Å². The smallest absolute Gasteiger partial charge is 0.261 e. The molecule has 0 radical (unpaired) electrons. The molecule has 2 N–H and O–H groups in total. The van der Waals surface area contributed by atoms with E-state index in [-0.39, 0.29) is 17.9 Å². The number of hydrogen-bond acceptors (Lipinski definition) is 3. The van der Waals surface area contributed by atoms with E-state index in [0.29, 0.717) is 27.5 Å².